The van der Waals surface area contributed by atoms with Gasteiger partial charge in [-0.25, -0.2) is 5.43 Å². The number of hydrogen-bond donors (Lipinski definition) is 1. The molecule has 6 nitrogen and oxygen atoms in total. The topological polar surface area (TPSA) is 69.2 Å². The van der Waals surface area contributed by atoms with E-state index in [1.54, 1.807) is 32.6 Å². The van der Waals surface area contributed by atoms with Gasteiger partial charge in [-0.05, 0) is 65.5 Å². The molecule has 0 aliphatic rings. The van der Waals surface area contributed by atoms with E-state index in [0.29, 0.717) is 30.9 Å². The number of carbonyl (C=O) groups excluding carboxylic acids is 1. The van der Waals surface area contributed by atoms with Crippen LogP contribution in [0.1, 0.15) is 83.9 Å². The third-order valence-electron chi connectivity index (χ3n) is 6.87. The maximum Gasteiger partial charge on any atom is 0.240 e. The van der Waals surface area contributed by atoms with Crippen molar-refractivity contribution in [3.63, 3.8) is 0 Å². The van der Waals surface area contributed by atoms with Crippen LogP contribution in [0.15, 0.2) is 41.5 Å². The van der Waals surface area contributed by atoms with Gasteiger partial charge in [-0.1, -0.05) is 53.7 Å². The summed E-state index contributed by atoms with van der Waals surface area (Å²) in [6.07, 6.45) is 4.60. The zero-order valence-corrected chi connectivity index (χ0v) is 22.7. The fourth-order valence-electron chi connectivity index (χ4n) is 3.58. The first-order valence-corrected chi connectivity index (χ1v) is 12.4. The summed E-state index contributed by atoms with van der Waals surface area (Å²) >= 11 is 0. The maximum absolute atomic E-state index is 12.2. The summed E-state index contributed by atoms with van der Waals surface area (Å²) in [7, 11) is 3.17. The van der Waals surface area contributed by atoms with Crippen molar-refractivity contribution < 1.29 is 19.0 Å². The minimum Gasteiger partial charge on any atom is -0.493 e. The Balaban J connectivity index is 1.93. The molecule has 0 radical (unpaired) electrons. The lowest BCUT2D eigenvalue weighted by molar-refractivity contribution is -0.121. The van der Waals surface area contributed by atoms with E-state index in [1.165, 1.54) is 11.1 Å². The van der Waals surface area contributed by atoms with Crippen LogP contribution in [0.25, 0.3) is 0 Å². The highest BCUT2D eigenvalue weighted by molar-refractivity contribution is 5.83. The van der Waals surface area contributed by atoms with E-state index < -0.39 is 0 Å². The Hall–Kier alpha value is -3.02. The first kappa shape index (κ1) is 28.2. The number of nitrogens with one attached hydrogen (secondary N) is 1. The number of nitrogens with zero attached hydrogens (tertiary/aromatic N) is 1. The van der Waals surface area contributed by atoms with Crippen molar-refractivity contribution in [3.05, 3.63) is 53.1 Å². The zero-order chi connectivity index (χ0) is 26.1. The monoisotopic (exact) mass is 482 g/mol. The van der Waals surface area contributed by atoms with Crippen LogP contribution in [0.3, 0.4) is 0 Å². The zero-order valence-electron chi connectivity index (χ0n) is 22.7. The van der Waals surface area contributed by atoms with Gasteiger partial charge in [0.2, 0.25) is 5.91 Å². The summed E-state index contributed by atoms with van der Waals surface area (Å²) in [4.78, 5) is 12.2. The van der Waals surface area contributed by atoms with Gasteiger partial charge >= 0.3 is 0 Å². The highest BCUT2D eigenvalue weighted by Crippen LogP contribution is 2.38. The normalized spacial score (nSPS) is 12.0. The van der Waals surface area contributed by atoms with E-state index in [2.05, 4.69) is 70.3 Å². The van der Waals surface area contributed by atoms with Crippen molar-refractivity contribution in [3.8, 4) is 17.2 Å². The number of carbonyl (C=O) groups is 1. The van der Waals surface area contributed by atoms with Crippen LogP contribution in [-0.4, -0.2) is 32.9 Å². The molecule has 1 amide bonds. The Bertz CT molecular complexity index is 1010. The van der Waals surface area contributed by atoms with Gasteiger partial charge in [0.25, 0.3) is 0 Å². The van der Waals surface area contributed by atoms with Crippen molar-refractivity contribution in [2.75, 3.05) is 20.8 Å². The van der Waals surface area contributed by atoms with E-state index >= 15 is 0 Å². The molecule has 0 bridgehead atoms. The minimum absolute atomic E-state index is 0.00535. The van der Waals surface area contributed by atoms with Gasteiger partial charge in [0.05, 0.1) is 27.0 Å². The number of methoxy groups -OCH3 is 2. The summed E-state index contributed by atoms with van der Waals surface area (Å²) in [5.41, 5.74) is 6.05. The lowest BCUT2D eigenvalue weighted by Gasteiger charge is -2.30. The Morgan fingerprint density at radius 1 is 0.914 bits per heavy atom. The molecule has 35 heavy (non-hydrogen) atoms. The predicted octanol–water partition coefficient (Wildman–Crippen LogP) is 6.39. The Morgan fingerprint density at radius 3 is 2.20 bits per heavy atom. The lowest BCUT2D eigenvalue weighted by atomic mass is 9.76. The number of rotatable bonds is 13. The van der Waals surface area contributed by atoms with Gasteiger partial charge in [0.15, 0.2) is 11.5 Å². The first-order chi connectivity index (χ1) is 16.6. The molecular formula is C29H42N2O4. The molecule has 6 heteroatoms. The van der Waals surface area contributed by atoms with Gasteiger partial charge < -0.3 is 14.2 Å². The molecule has 0 fully saturated rings. The SMILES string of the molecule is CCC(C)(C)c1ccc(OCCCC(=O)N/N=C/c2ccc(OC)c(OC)c2)c(C(C)(C)CC)c1. The van der Waals surface area contributed by atoms with Crippen LogP contribution in [-0.2, 0) is 15.6 Å². The molecule has 2 rings (SSSR count). The highest BCUT2D eigenvalue weighted by atomic mass is 16.5. The van der Waals surface area contributed by atoms with Gasteiger partial charge in [-0.3, -0.25) is 4.79 Å². The molecule has 0 saturated carbocycles. The number of hydrogen-bond acceptors (Lipinski definition) is 5. The molecule has 0 saturated heterocycles. The van der Waals surface area contributed by atoms with Crippen molar-refractivity contribution in [1.29, 1.82) is 0 Å². The third kappa shape index (κ3) is 7.74. The molecule has 0 aromatic heterocycles. The molecule has 192 valence electrons. The Morgan fingerprint density at radius 2 is 1.57 bits per heavy atom. The third-order valence-corrected chi connectivity index (χ3v) is 6.87. The molecule has 0 unspecified atom stereocenters. The van der Waals surface area contributed by atoms with Crippen LogP contribution in [0.2, 0.25) is 0 Å². The Labute approximate surface area is 211 Å². The second kappa shape index (κ2) is 12.6. The molecular weight excluding hydrogens is 440 g/mol. The number of amides is 1. The summed E-state index contributed by atoms with van der Waals surface area (Å²) in [6, 6.07) is 12.0. The van der Waals surface area contributed by atoms with E-state index in [-0.39, 0.29) is 16.7 Å². The predicted molar refractivity (Wildman–Crippen MR) is 143 cm³/mol. The molecule has 0 aliphatic heterocycles. The molecule has 0 spiro atoms. The van der Waals surface area contributed by atoms with Gasteiger partial charge in [-0.2, -0.15) is 5.10 Å². The summed E-state index contributed by atoms with van der Waals surface area (Å²) in [6.45, 7) is 13.9. The van der Waals surface area contributed by atoms with E-state index in [1.807, 2.05) is 6.07 Å². The summed E-state index contributed by atoms with van der Waals surface area (Å²) < 4.78 is 16.7. The van der Waals surface area contributed by atoms with E-state index in [0.717, 1.165) is 24.2 Å². The quantitative estimate of drug-likeness (QED) is 0.204. The molecule has 0 heterocycles. The van der Waals surface area contributed by atoms with Crippen LogP contribution in [0, 0.1) is 0 Å². The number of benzene rings is 2. The maximum atomic E-state index is 12.2. The van der Waals surface area contributed by atoms with Crippen LogP contribution in [0.4, 0.5) is 0 Å². The molecule has 2 aromatic rings. The first-order valence-electron chi connectivity index (χ1n) is 12.4. The van der Waals surface area contributed by atoms with Crippen molar-refractivity contribution >= 4 is 12.1 Å². The average molecular weight is 483 g/mol. The molecule has 1 N–H and O–H groups in total. The van der Waals surface area contributed by atoms with Crippen molar-refractivity contribution in [2.24, 2.45) is 5.10 Å². The minimum atomic E-state index is -0.153. The smallest absolute Gasteiger partial charge is 0.240 e. The molecule has 2 aromatic carbocycles. The second-order valence-corrected chi connectivity index (χ2v) is 10.0. The second-order valence-electron chi connectivity index (χ2n) is 10.0. The standard InChI is InChI=1S/C29H42N2O4/c1-9-28(3,4)22-14-16-24(23(19-22)29(5,6)10-2)35-17-11-12-27(32)31-30-20-21-13-15-25(33-7)26(18-21)34-8/h13-16,18-20H,9-12,17H2,1-8H3,(H,31,32)/b30-20+. The largest absolute Gasteiger partial charge is 0.493 e. The van der Waals surface area contributed by atoms with Crippen molar-refractivity contribution in [1.82, 2.24) is 5.43 Å². The molecule has 0 atom stereocenters. The average Bonchev–Trinajstić information content (AvgIpc) is 2.86. The molecule has 0 aliphatic carbocycles. The van der Waals surface area contributed by atoms with E-state index in [4.69, 9.17) is 14.2 Å². The number of hydrazone groups is 1. The lowest BCUT2D eigenvalue weighted by Crippen LogP contribution is -2.21. The van der Waals surface area contributed by atoms with Gasteiger partial charge in [-0.15, -0.1) is 0 Å². The van der Waals surface area contributed by atoms with Crippen molar-refractivity contribution in [2.45, 2.75) is 78.1 Å². The van der Waals surface area contributed by atoms with Gasteiger partial charge in [0.1, 0.15) is 5.75 Å². The van der Waals surface area contributed by atoms with Crippen LogP contribution < -0.4 is 19.6 Å². The Kier molecular flexibility index (Phi) is 10.2. The van der Waals surface area contributed by atoms with E-state index in [9.17, 15) is 4.79 Å². The van der Waals surface area contributed by atoms with Crippen LogP contribution in [0.5, 0.6) is 17.2 Å². The highest BCUT2D eigenvalue weighted by Gasteiger charge is 2.26. The fraction of sp³-hybridized carbons (Fsp3) is 0.517. The fourth-order valence-corrected chi connectivity index (χ4v) is 3.58. The summed E-state index contributed by atoms with van der Waals surface area (Å²) in [5, 5.41) is 4.05. The van der Waals surface area contributed by atoms with Gasteiger partial charge in [0, 0.05) is 12.0 Å². The number of ether oxygens (including phenoxy) is 3. The summed E-state index contributed by atoms with van der Waals surface area (Å²) in [5.74, 6) is 2.00. The van der Waals surface area contributed by atoms with Crippen LogP contribution >= 0.6 is 0 Å².